The lowest BCUT2D eigenvalue weighted by molar-refractivity contribution is 0.0727. The Hall–Kier alpha value is -3.41. The van der Waals surface area contributed by atoms with Crippen LogP contribution in [0.5, 0.6) is 0 Å². The van der Waals surface area contributed by atoms with E-state index >= 15 is 0 Å². The van der Waals surface area contributed by atoms with Gasteiger partial charge in [-0.1, -0.05) is 94.8 Å². The lowest BCUT2D eigenvalue weighted by atomic mass is 9.88. The van der Waals surface area contributed by atoms with Gasteiger partial charge in [-0.3, -0.25) is 9.69 Å². The second-order valence-corrected chi connectivity index (χ2v) is 11.9. The van der Waals surface area contributed by atoms with E-state index in [-0.39, 0.29) is 5.91 Å². The molecule has 2 aliphatic heterocycles. The minimum Gasteiger partial charge on any atom is -0.369 e. The van der Waals surface area contributed by atoms with E-state index in [1.807, 2.05) is 17.0 Å². The second-order valence-electron chi connectivity index (χ2n) is 10.9. The number of nitrogens with zero attached hydrogens (tertiary/aromatic N) is 3. The van der Waals surface area contributed by atoms with E-state index in [0.29, 0.717) is 12.5 Å². The molecule has 1 saturated heterocycles. The molecule has 4 aromatic carbocycles. The summed E-state index contributed by atoms with van der Waals surface area (Å²) < 4.78 is 1.05. The van der Waals surface area contributed by atoms with Crippen LogP contribution in [0.3, 0.4) is 0 Å². The number of anilines is 1. The molecule has 2 aliphatic rings. The van der Waals surface area contributed by atoms with Crippen LogP contribution in [0.15, 0.2) is 108 Å². The third-order valence-corrected chi connectivity index (χ3v) is 8.89. The maximum Gasteiger partial charge on any atom is 0.254 e. The fraction of sp³-hybridized carbons (Fsp3) is 0.286. The number of rotatable bonds is 8. The van der Waals surface area contributed by atoms with Gasteiger partial charge in [-0.05, 0) is 65.9 Å². The molecular weight excluding hydrogens is 558 g/mol. The fourth-order valence-corrected chi connectivity index (χ4v) is 6.60. The van der Waals surface area contributed by atoms with Crippen molar-refractivity contribution in [3.8, 4) is 0 Å². The maximum absolute atomic E-state index is 13.5. The molecular formula is C35H36BrN3O. The van der Waals surface area contributed by atoms with Gasteiger partial charge in [0.25, 0.3) is 5.91 Å². The summed E-state index contributed by atoms with van der Waals surface area (Å²) in [6, 6.07) is 36.6. The predicted molar refractivity (Wildman–Crippen MR) is 167 cm³/mol. The maximum atomic E-state index is 13.5. The van der Waals surface area contributed by atoms with Crippen LogP contribution in [0.2, 0.25) is 0 Å². The molecule has 1 fully saturated rings. The summed E-state index contributed by atoms with van der Waals surface area (Å²) in [6.07, 6.45) is 2.02. The van der Waals surface area contributed by atoms with Crippen LogP contribution in [-0.4, -0.2) is 55.0 Å². The zero-order valence-electron chi connectivity index (χ0n) is 22.9. The van der Waals surface area contributed by atoms with Crippen molar-refractivity contribution in [2.45, 2.75) is 25.3 Å². The number of fused-ring (bicyclic) bond motifs is 1. The molecule has 0 unspecified atom stereocenters. The average Bonchev–Trinajstić information content (AvgIpc) is 3.00. The third kappa shape index (κ3) is 6.16. The van der Waals surface area contributed by atoms with Crippen molar-refractivity contribution in [1.29, 1.82) is 0 Å². The smallest absolute Gasteiger partial charge is 0.254 e. The van der Waals surface area contributed by atoms with Gasteiger partial charge in [0.15, 0.2) is 0 Å². The Bertz CT molecular complexity index is 1390. The van der Waals surface area contributed by atoms with Crippen LogP contribution >= 0.6 is 15.9 Å². The second kappa shape index (κ2) is 12.4. The first-order valence-electron chi connectivity index (χ1n) is 14.4. The van der Waals surface area contributed by atoms with Crippen molar-refractivity contribution in [3.05, 3.63) is 135 Å². The molecule has 0 aliphatic carbocycles. The Morgan fingerprint density at radius 2 is 1.43 bits per heavy atom. The lowest BCUT2D eigenvalue weighted by Gasteiger charge is -2.37. The zero-order chi connectivity index (χ0) is 27.3. The van der Waals surface area contributed by atoms with E-state index in [1.165, 1.54) is 22.4 Å². The summed E-state index contributed by atoms with van der Waals surface area (Å²) in [4.78, 5) is 20.5. The summed E-state index contributed by atoms with van der Waals surface area (Å²) in [6.45, 7) is 6.53. The normalized spacial score (nSPS) is 15.9. The molecule has 0 atom stereocenters. The van der Waals surface area contributed by atoms with Gasteiger partial charge in [-0.2, -0.15) is 0 Å². The van der Waals surface area contributed by atoms with Crippen molar-refractivity contribution in [1.82, 2.24) is 9.80 Å². The summed E-state index contributed by atoms with van der Waals surface area (Å²) in [5.74, 6) is 0.557. The number of benzene rings is 4. The molecule has 0 radical (unpaired) electrons. The van der Waals surface area contributed by atoms with Gasteiger partial charge in [0.2, 0.25) is 0 Å². The Labute approximate surface area is 246 Å². The Morgan fingerprint density at radius 3 is 2.10 bits per heavy atom. The van der Waals surface area contributed by atoms with Gasteiger partial charge < -0.3 is 9.80 Å². The number of carbonyl (C=O) groups excluding carboxylic acids is 1. The summed E-state index contributed by atoms with van der Waals surface area (Å²) in [7, 11) is 0. The first-order valence-corrected chi connectivity index (χ1v) is 15.2. The highest BCUT2D eigenvalue weighted by molar-refractivity contribution is 9.10. The Balaban J connectivity index is 1.08. The average molecular weight is 595 g/mol. The molecule has 204 valence electrons. The van der Waals surface area contributed by atoms with Crippen LogP contribution in [0.25, 0.3) is 0 Å². The highest BCUT2D eigenvalue weighted by Crippen LogP contribution is 2.30. The van der Waals surface area contributed by atoms with E-state index in [1.54, 1.807) is 0 Å². The summed E-state index contributed by atoms with van der Waals surface area (Å²) >= 11 is 3.55. The van der Waals surface area contributed by atoms with Gasteiger partial charge in [0.1, 0.15) is 0 Å². The molecule has 0 bridgehead atoms. The third-order valence-electron chi connectivity index (χ3n) is 8.40. The molecule has 5 heteroatoms. The van der Waals surface area contributed by atoms with Gasteiger partial charge in [-0.15, -0.1) is 0 Å². The lowest BCUT2D eigenvalue weighted by Crippen LogP contribution is -2.47. The van der Waals surface area contributed by atoms with E-state index in [2.05, 4.69) is 117 Å². The van der Waals surface area contributed by atoms with Crippen LogP contribution in [0.1, 0.15) is 45.0 Å². The van der Waals surface area contributed by atoms with E-state index < -0.39 is 0 Å². The number of hydrogen-bond acceptors (Lipinski definition) is 3. The first kappa shape index (κ1) is 26.8. The molecule has 0 spiro atoms. The molecule has 4 aromatic rings. The number of halogens is 1. The molecule has 4 nitrogen and oxygen atoms in total. The predicted octanol–water partition coefficient (Wildman–Crippen LogP) is 6.99. The number of hydrogen-bond donors (Lipinski definition) is 0. The molecule has 0 saturated carbocycles. The van der Waals surface area contributed by atoms with Crippen molar-refractivity contribution in [2.24, 2.45) is 0 Å². The largest absolute Gasteiger partial charge is 0.369 e. The Kier molecular flexibility index (Phi) is 8.31. The monoisotopic (exact) mass is 593 g/mol. The SMILES string of the molecule is O=C1c2cc(N3CCN(CCC(c4ccccc4)c4ccccc4)CC3)ccc2CCN1Cc1cccc(Br)c1. The minimum absolute atomic E-state index is 0.148. The molecule has 6 rings (SSSR count). The van der Waals surface area contributed by atoms with E-state index in [9.17, 15) is 4.79 Å². The quantitative estimate of drug-likeness (QED) is 0.220. The highest BCUT2D eigenvalue weighted by Gasteiger charge is 2.26. The molecule has 0 N–H and O–H groups in total. The fourth-order valence-electron chi connectivity index (χ4n) is 6.15. The Morgan fingerprint density at radius 1 is 0.725 bits per heavy atom. The standard InChI is InChI=1S/C35H36BrN3O/c36-31-13-7-8-27(24-31)26-39-19-16-30-14-15-32(25-34(30)35(39)40)38-22-20-37(21-23-38)18-17-33(28-9-3-1-4-10-28)29-11-5-2-6-12-29/h1-15,24-25,33H,16-23,26H2. The highest BCUT2D eigenvalue weighted by atomic mass is 79.9. The molecule has 1 amide bonds. The number of amides is 1. The number of carbonyl (C=O) groups is 1. The van der Waals surface area contributed by atoms with Crippen molar-refractivity contribution in [3.63, 3.8) is 0 Å². The summed E-state index contributed by atoms with van der Waals surface area (Å²) in [5.41, 5.74) is 7.14. The minimum atomic E-state index is 0.148. The number of piperazine rings is 1. The van der Waals surface area contributed by atoms with Crippen LogP contribution in [0.4, 0.5) is 5.69 Å². The van der Waals surface area contributed by atoms with E-state index in [4.69, 9.17) is 0 Å². The first-order chi connectivity index (χ1) is 19.6. The van der Waals surface area contributed by atoms with Crippen molar-refractivity contribution in [2.75, 3.05) is 44.2 Å². The van der Waals surface area contributed by atoms with Gasteiger partial charge in [0.05, 0.1) is 0 Å². The summed E-state index contributed by atoms with van der Waals surface area (Å²) in [5, 5.41) is 0. The topological polar surface area (TPSA) is 26.8 Å². The molecule has 40 heavy (non-hydrogen) atoms. The zero-order valence-corrected chi connectivity index (χ0v) is 24.5. The van der Waals surface area contributed by atoms with Crippen LogP contribution < -0.4 is 4.90 Å². The van der Waals surface area contributed by atoms with Crippen molar-refractivity contribution >= 4 is 27.5 Å². The molecule has 0 aromatic heterocycles. The van der Waals surface area contributed by atoms with Crippen LogP contribution in [-0.2, 0) is 13.0 Å². The van der Waals surface area contributed by atoms with Crippen molar-refractivity contribution < 1.29 is 4.79 Å². The van der Waals surface area contributed by atoms with E-state index in [0.717, 1.165) is 67.7 Å². The molecule has 2 heterocycles. The van der Waals surface area contributed by atoms with Gasteiger partial charge in [0, 0.05) is 60.9 Å². The van der Waals surface area contributed by atoms with Gasteiger partial charge in [-0.25, -0.2) is 0 Å². The van der Waals surface area contributed by atoms with Crippen LogP contribution in [0, 0.1) is 0 Å². The van der Waals surface area contributed by atoms with Gasteiger partial charge >= 0.3 is 0 Å².